The number of ketones is 1. The second-order valence-corrected chi connectivity index (χ2v) is 7.16. The van der Waals surface area contributed by atoms with E-state index in [1.165, 1.54) is 18.7 Å². The molecule has 0 aliphatic carbocycles. The van der Waals surface area contributed by atoms with E-state index in [4.69, 9.17) is 4.74 Å². The zero-order valence-electron chi connectivity index (χ0n) is 15.3. The molecule has 0 atom stereocenters. The first-order valence-electron chi connectivity index (χ1n) is 8.70. The van der Waals surface area contributed by atoms with E-state index in [0.29, 0.717) is 11.3 Å². The number of fused-ring (bicyclic) bond motifs is 1. The van der Waals surface area contributed by atoms with Gasteiger partial charge >= 0.3 is 5.97 Å². The van der Waals surface area contributed by atoms with Crippen molar-refractivity contribution in [2.75, 3.05) is 17.7 Å². The van der Waals surface area contributed by atoms with Gasteiger partial charge in [-0.3, -0.25) is 14.4 Å². The molecule has 3 rings (SSSR count). The number of para-hydroxylation sites is 1. The summed E-state index contributed by atoms with van der Waals surface area (Å²) in [6.45, 7) is 1.03. The molecule has 0 aliphatic rings. The molecule has 0 saturated heterocycles. The Morgan fingerprint density at radius 1 is 0.929 bits per heavy atom. The van der Waals surface area contributed by atoms with Crippen molar-refractivity contribution >= 4 is 45.9 Å². The van der Waals surface area contributed by atoms with Crippen molar-refractivity contribution in [1.82, 2.24) is 0 Å². The molecule has 0 bridgehead atoms. The summed E-state index contributed by atoms with van der Waals surface area (Å²) in [6, 6.07) is 20.6. The normalized spacial score (nSPS) is 10.5. The van der Waals surface area contributed by atoms with Crippen LogP contribution in [-0.4, -0.2) is 30.0 Å². The maximum absolute atomic E-state index is 12.0. The van der Waals surface area contributed by atoms with Crippen LogP contribution in [0.15, 0.2) is 71.6 Å². The van der Waals surface area contributed by atoms with E-state index in [1.54, 1.807) is 24.3 Å². The topological polar surface area (TPSA) is 72.5 Å². The Morgan fingerprint density at radius 3 is 2.43 bits per heavy atom. The molecule has 5 nitrogen and oxygen atoms in total. The van der Waals surface area contributed by atoms with Crippen LogP contribution in [-0.2, 0) is 14.3 Å². The monoisotopic (exact) mass is 393 g/mol. The van der Waals surface area contributed by atoms with Crippen molar-refractivity contribution in [2.45, 2.75) is 11.8 Å². The molecule has 0 fully saturated rings. The summed E-state index contributed by atoms with van der Waals surface area (Å²) in [4.78, 5) is 36.5. The minimum absolute atomic E-state index is 0.107. The zero-order chi connectivity index (χ0) is 19.9. The predicted molar refractivity (Wildman–Crippen MR) is 111 cm³/mol. The van der Waals surface area contributed by atoms with E-state index in [9.17, 15) is 14.4 Å². The number of amides is 1. The number of ether oxygens (including phenoxy) is 1. The number of Topliss-reactive ketones (excluding diaryl/α,β-unsaturated/α-hetero) is 1. The lowest BCUT2D eigenvalue weighted by molar-refractivity contribution is -0.144. The molecule has 0 heterocycles. The van der Waals surface area contributed by atoms with Gasteiger partial charge in [-0.15, -0.1) is 11.8 Å². The van der Waals surface area contributed by atoms with Crippen molar-refractivity contribution in [1.29, 1.82) is 0 Å². The van der Waals surface area contributed by atoms with Crippen molar-refractivity contribution in [3.05, 3.63) is 72.3 Å². The summed E-state index contributed by atoms with van der Waals surface area (Å²) in [5.41, 5.74) is 0.815. The lowest BCUT2D eigenvalue weighted by Gasteiger charge is -2.09. The average Bonchev–Trinajstić information content (AvgIpc) is 2.70. The summed E-state index contributed by atoms with van der Waals surface area (Å²) in [7, 11) is 0. The van der Waals surface area contributed by atoms with Crippen LogP contribution >= 0.6 is 11.8 Å². The zero-order valence-corrected chi connectivity index (χ0v) is 16.1. The van der Waals surface area contributed by atoms with Crippen LogP contribution < -0.4 is 5.32 Å². The molecule has 0 spiro atoms. The molecule has 28 heavy (non-hydrogen) atoms. The van der Waals surface area contributed by atoms with Gasteiger partial charge in [0, 0.05) is 10.5 Å². The number of carbonyl (C=O) groups excluding carboxylic acids is 3. The molecule has 0 aromatic heterocycles. The van der Waals surface area contributed by atoms with Gasteiger partial charge in [0.15, 0.2) is 12.4 Å². The Bertz CT molecular complexity index is 1030. The van der Waals surface area contributed by atoms with E-state index in [0.717, 1.165) is 15.7 Å². The Morgan fingerprint density at radius 2 is 1.64 bits per heavy atom. The average molecular weight is 393 g/mol. The summed E-state index contributed by atoms with van der Waals surface area (Å²) in [5.74, 6) is -1.01. The van der Waals surface area contributed by atoms with Gasteiger partial charge in [-0.05, 0) is 42.0 Å². The van der Waals surface area contributed by atoms with Gasteiger partial charge in [0.25, 0.3) is 5.91 Å². The number of anilines is 1. The van der Waals surface area contributed by atoms with Gasteiger partial charge < -0.3 is 10.1 Å². The Labute approximate surface area is 167 Å². The minimum atomic E-state index is -0.488. The smallest absolute Gasteiger partial charge is 0.316 e. The number of nitrogens with one attached hydrogen (secondary N) is 1. The van der Waals surface area contributed by atoms with E-state index in [1.807, 2.05) is 42.5 Å². The maximum Gasteiger partial charge on any atom is 0.316 e. The first kappa shape index (κ1) is 19.6. The van der Waals surface area contributed by atoms with Crippen LogP contribution in [0.25, 0.3) is 10.8 Å². The summed E-state index contributed by atoms with van der Waals surface area (Å²) >= 11 is 1.35. The third kappa shape index (κ3) is 5.20. The number of carbonyl (C=O) groups is 3. The largest absolute Gasteiger partial charge is 0.455 e. The predicted octanol–water partition coefficient (Wildman–Crippen LogP) is 4.32. The van der Waals surface area contributed by atoms with Crippen molar-refractivity contribution in [3.8, 4) is 0 Å². The molecule has 0 radical (unpaired) electrons. The number of rotatable bonds is 7. The molecule has 142 valence electrons. The van der Waals surface area contributed by atoms with Crippen LogP contribution in [0.1, 0.15) is 17.3 Å². The molecular weight excluding hydrogens is 374 g/mol. The molecule has 6 heteroatoms. The lowest BCUT2D eigenvalue weighted by Crippen LogP contribution is -2.22. The summed E-state index contributed by atoms with van der Waals surface area (Å²) in [5, 5.41) is 4.83. The summed E-state index contributed by atoms with van der Waals surface area (Å²) in [6.07, 6.45) is 0. The lowest BCUT2D eigenvalue weighted by atomic mass is 10.1. The third-order valence-electron chi connectivity index (χ3n) is 4.02. The SMILES string of the molecule is CC(=O)c1ccccc1NC(=O)COC(=O)CSc1ccc2ccccc2c1. The minimum Gasteiger partial charge on any atom is -0.455 e. The van der Waals surface area contributed by atoms with E-state index >= 15 is 0 Å². The van der Waals surface area contributed by atoms with E-state index in [2.05, 4.69) is 5.32 Å². The van der Waals surface area contributed by atoms with Gasteiger partial charge in [0.2, 0.25) is 0 Å². The Balaban J connectivity index is 1.48. The fourth-order valence-corrected chi connectivity index (χ4v) is 3.41. The highest BCUT2D eigenvalue weighted by molar-refractivity contribution is 8.00. The molecular formula is C22H19NO4S. The van der Waals surface area contributed by atoms with Crippen LogP contribution in [0.4, 0.5) is 5.69 Å². The van der Waals surface area contributed by atoms with Crippen molar-refractivity contribution in [2.24, 2.45) is 0 Å². The molecule has 1 amide bonds. The van der Waals surface area contributed by atoms with Crippen molar-refractivity contribution in [3.63, 3.8) is 0 Å². The second kappa shape index (κ2) is 9.19. The fraction of sp³-hybridized carbons (Fsp3) is 0.136. The number of hydrogen-bond acceptors (Lipinski definition) is 5. The Kier molecular flexibility index (Phi) is 6.45. The van der Waals surface area contributed by atoms with Crippen LogP contribution in [0, 0.1) is 0 Å². The first-order valence-corrected chi connectivity index (χ1v) is 9.68. The molecule has 0 aliphatic heterocycles. The number of thioether (sulfide) groups is 1. The second-order valence-electron chi connectivity index (χ2n) is 6.11. The molecule has 0 saturated carbocycles. The van der Waals surface area contributed by atoms with Crippen molar-refractivity contribution < 1.29 is 19.1 Å². The number of hydrogen-bond donors (Lipinski definition) is 1. The van der Waals surface area contributed by atoms with Crippen LogP contribution in [0.2, 0.25) is 0 Å². The van der Waals surface area contributed by atoms with Gasteiger partial charge in [-0.1, -0.05) is 42.5 Å². The number of benzene rings is 3. The van der Waals surface area contributed by atoms with Gasteiger partial charge in [-0.25, -0.2) is 0 Å². The molecule has 0 unspecified atom stereocenters. The van der Waals surface area contributed by atoms with Gasteiger partial charge in [0.05, 0.1) is 11.4 Å². The first-order chi connectivity index (χ1) is 13.5. The number of esters is 1. The molecule has 3 aromatic rings. The van der Waals surface area contributed by atoms with E-state index in [-0.39, 0.29) is 11.5 Å². The Hall–Kier alpha value is -3.12. The highest BCUT2D eigenvalue weighted by Gasteiger charge is 2.12. The third-order valence-corrected chi connectivity index (χ3v) is 4.99. The van der Waals surface area contributed by atoms with Gasteiger partial charge in [-0.2, -0.15) is 0 Å². The highest BCUT2D eigenvalue weighted by atomic mass is 32.2. The van der Waals surface area contributed by atoms with E-state index < -0.39 is 18.5 Å². The van der Waals surface area contributed by atoms with Crippen LogP contribution in [0.5, 0.6) is 0 Å². The van der Waals surface area contributed by atoms with Crippen LogP contribution in [0.3, 0.4) is 0 Å². The highest BCUT2D eigenvalue weighted by Crippen LogP contribution is 2.23. The standard InChI is InChI=1S/C22H19NO4S/c1-15(24)19-8-4-5-9-20(19)23-21(25)13-27-22(26)14-28-18-11-10-16-6-2-3-7-17(16)12-18/h2-12H,13-14H2,1H3,(H,23,25). The fourth-order valence-electron chi connectivity index (χ4n) is 2.67. The molecule has 3 aromatic carbocycles. The quantitative estimate of drug-likeness (QED) is 0.368. The maximum atomic E-state index is 12.0. The van der Waals surface area contributed by atoms with Gasteiger partial charge in [0.1, 0.15) is 0 Å². The molecule has 1 N–H and O–H groups in total. The summed E-state index contributed by atoms with van der Waals surface area (Å²) < 4.78 is 5.03.